The molecule has 1 aromatic carbocycles. The van der Waals surface area contributed by atoms with Gasteiger partial charge in [0.05, 0.1) is 15.9 Å². The van der Waals surface area contributed by atoms with Gasteiger partial charge >= 0.3 is 0 Å². The molecular weight excluding hydrogens is 412 g/mol. The van der Waals surface area contributed by atoms with E-state index in [2.05, 4.69) is 14.8 Å². The summed E-state index contributed by atoms with van der Waals surface area (Å²) in [5.74, 6) is -0.194. The molecule has 1 aliphatic heterocycles. The molecule has 8 nitrogen and oxygen atoms in total. The van der Waals surface area contributed by atoms with E-state index in [1.165, 1.54) is 22.1 Å². The van der Waals surface area contributed by atoms with Crippen LogP contribution in [0.25, 0.3) is 10.2 Å². The third kappa shape index (κ3) is 3.34. The molecule has 3 heterocycles. The number of hydrogen-bond donors (Lipinski definition) is 2. The number of amidine groups is 1. The van der Waals surface area contributed by atoms with E-state index >= 15 is 0 Å². The van der Waals surface area contributed by atoms with E-state index in [1.54, 1.807) is 35.9 Å². The van der Waals surface area contributed by atoms with E-state index in [0.717, 1.165) is 0 Å². The lowest BCUT2D eigenvalue weighted by molar-refractivity contribution is 0.479. The van der Waals surface area contributed by atoms with E-state index in [9.17, 15) is 18.3 Å². The van der Waals surface area contributed by atoms with E-state index in [1.807, 2.05) is 13.8 Å². The van der Waals surface area contributed by atoms with Gasteiger partial charge in [0, 0.05) is 6.21 Å². The third-order valence-electron chi connectivity index (χ3n) is 4.37. The lowest BCUT2D eigenvalue weighted by Crippen LogP contribution is -2.31. The molecule has 0 radical (unpaired) electrons. The Morgan fingerprint density at radius 1 is 1.31 bits per heavy atom. The van der Waals surface area contributed by atoms with Crippen LogP contribution in [0.3, 0.4) is 0 Å². The lowest BCUT2D eigenvalue weighted by atomic mass is 10.2. The number of aromatic nitrogens is 1. The second-order valence-electron chi connectivity index (χ2n) is 6.94. The van der Waals surface area contributed by atoms with Gasteiger partial charge in [-0.2, -0.15) is 18.2 Å². The van der Waals surface area contributed by atoms with Gasteiger partial charge in [0.25, 0.3) is 15.6 Å². The van der Waals surface area contributed by atoms with E-state index < -0.39 is 15.6 Å². The van der Waals surface area contributed by atoms with Crippen molar-refractivity contribution in [2.24, 2.45) is 15.4 Å². The quantitative estimate of drug-likeness (QED) is 0.617. The Balaban J connectivity index is 1.95. The maximum Gasteiger partial charge on any atom is 0.286 e. The number of hydrogen-bond acceptors (Lipinski definition) is 7. The van der Waals surface area contributed by atoms with Crippen molar-refractivity contribution in [2.45, 2.75) is 25.2 Å². The van der Waals surface area contributed by atoms with E-state index in [-0.39, 0.29) is 27.7 Å². The van der Waals surface area contributed by atoms with Crippen molar-refractivity contribution < 1.29 is 13.5 Å². The first-order chi connectivity index (χ1) is 13.8. The normalized spacial score (nSPS) is 15.5. The van der Waals surface area contributed by atoms with Crippen molar-refractivity contribution in [1.29, 1.82) is 0 Å². The number of rotatable bonds is 4. The van der Waals surface area contributed by atoms with Gasteiger partial charge in [-0.3, -0.25) is 4.79 Å². The number of benzene rings is 1. The number of nitrogens with zero attached hydrogens (tertiary/aromatic N) is 3. The van der Waals surface area contributed by atoms with Crippen molar-refractivity contribution in [3.05, 3.63) is 51.6 Å². The van der Waals surface area contributed by atoms with Crippen molar-refractivity contribution in [2.75, 3.05) is 5.32 Å². The lowest BCUT2D eigenvalue weighted by Gasteiger charge is -2.19. The minimum Gasteiger partial charge on any atom is -0.505 e. The smallest absolute Gasteiger partial charge is 0.286 e. The van der Waals surface area contributed by atoms with Crippen LogP contribution in [0.15, 0.2) is 54.9 Å². The van der Waals surface area contributed by atoms with Gasteiger partial charge in [-0.15, -0.1) is 15.7 Å². The van der Waals surface area contributed by atoms with Crippen LogP contribution < -0.4 is 10.9 Å². The summed E-state index contributed by atoms with van der Waals surface area (Å²) in [5, 5.41) is 19.6. The average molecular weight is 431 g/mol. The highest BCUT2D eigenvalue weighted by molar-refractivity contribution is 7.90. The summed E-state index contributed by atoms with van der Waals surface area (Å²) in [6.07, 6.45) is 2.29. The summed E-state index contributed by atoms with van der Waals surface area (Å²) in [6.45, 7) is 4.06. The monoisotopic (exact) mass is 430 g/mol. The van der Waals surface area contributed by atoms with Crippen LogP contribution in [0.4, 0.5) is 5.69 Å². The predicted molar refractivity (Wildman–Crippen MR) is 115 cm³/mol. The summed E-state index contributed by atoms with van der Waals surface area (Å²) in [5.41, 5.74) is -0.160. The highest BCUT2D eigenvalue weighted by Gasteiger charge is 2.29. The highest BCUT2D eigenvalue weighted by Crippen LogP contribution is 2.34. The van der Waals surface area contributed by atoms with Crippen molar-refractivity contribution in [3.63, 3.8) is 0 Å². The molecule has 4 rings (SSSR count). The molecule has 0 saturated carbocycles. The second-order valence-corrected chi connectivity index (χ2v) is 9.43. The molecule has 150 valence electrons. The van der Waals surface area contributed by atoms with E-state index in [4.69, 9.17) is 0 Å². The molecule has 3 aromatic rings. The number of aromatic hydroxyl groups is 1. The molecule has 0 bridgehead atoms. The van der Waals surface area contributed by atoms with Crippen LogP contribution in [0, 0.1) is 5.92 Å². The molecule has 1 aliphatic rings. The molecular formula is C19H18N4O4S2. The predicted octanol–water partition coefficient (Wildman–Crippen LogP) is 3.21. The molecule has 2 N–H and O–H groups in total. The van der Waals surface area contributed by atoms with Gasteiger partial charge < -0.3 is 10.4 Å². The second kappa shape index (κ2) is 7.12. The zero-order chi connectivity index (χ0) is 20.8. The molecule has 0 unspecified atom stereocenters. The third-order valence-corrected chi connectivity index (χ3v) is 6.62. The van der Waals surface area contributed by atoms with Gasteiger partial charge in [-0.1, -0.05) is 26.0 Å². The molecule has 2 aromatic heterocycles. The Hall–Kier alpha value is -2.98. The molecule has 0 amide bonds. The highest BCUT2D eigenvalue weighted by atomic mass is 32.2. The first-order valence-electron chi connectivity index (χ1n) is 8.89. The Kier molecular flexibility index (Phi) is 4.75. The zero-order valence-electron chi connectivity index (χ0n) is 15.7. The Morgan fingerprint density at radius 2 is 2.07 bits per heavy atom. The largest absolute Gasteiger partial charge is 0.505 e. The van der Waals surface area contributed by atoms with Crippen LogP contribution in [-0.2, 0) is 10.0 Å². The van der Waals surface area contributed by atoms with Gasteiger partial charge in [-0.05, 0) is 35.9 Å². The van der Waals surface area contributed by atoms with Crippen LogP contribution in [0.5, 0.6) is 5.75 Å². The average Bonchev–Trinajstić information content (AvgIpc) is 3.14. The molecule has 29 heavy (non-hydrogen) atoms. The molecule has 0 aliphatic carbocycles. The Bertz CT molecular complexity index is 1330. The Morgan fingerprint density at radius 3 is 2.83 bits per heavy atom. The minimum atomic E-state index is -4.02. The molecule has 0 fully saturated rings. The van der Waals surface area contributed by atoms with Crippen molar-refractivity contribution in [1.82, 2.24) is 4.68 Å². The maximum absolute atomic E-state index is 13.2. The summed E-state index contributed by atoms with van der Waals surface area (Å²) in [6, 6.07) is 7.93. The molecule has 0 atom stereocenters. The molecule has 0 spiro atoms. The van der Waals surface area contributed by atoms with Crippen LogP contribution >= 0.6 is 11.3 Å². The molecule has 10 heteroatoms. The van der Waals surface area contributed by atoms with Gasteiger partial charge in [0.2, 0.25) is 0 Å². The number of thiophene rings is 1. The van der Waals surface area contributed by atoms with Gasteiger partial charge in [0.15, 0.2) is 11.6 Å². The fraction of sp³-hybridized carbons (Fsp3) is 0.211. The van der Waals surface area contributed by atoms with Crippen molar-refractivity contribution >= 4 is 49.3 Å². The van der Waals surface area contributed by atoms with Crippen LogP contribution in [-0.4, -0.2) is 30.3 Å². The zero-order valence-corrected chi connectivity index (χ0v) is 17.3. The number of nitrogens with one attached hydrogen (secondary N) is 1. The molecule has 0 saturated heterocycles. The first-order valence-corrected chi connectivity index (χ1v) is 11.2. The van der Waals surface area contributed by atoms with Crippen LogP contribution in [0.2, 0.25) is 0 Å². The van der Waals surface area contributed by atoms with Crippen molar-refractivity contribution in [3.8, 4) is 5.75 Å². The fourth-order valence-electron chi connectivity index (χ4n) is 2.97. The maximum atomic E-state index is 13.2. The minimum absolute atomic E-state index is 0.00993. The van der Waals surface area contributed by atoms with E-state index in [0.29, 0.717) is 22.6 Å². The number of fused-ring (bicyclic) bond motifs is 2. The summed E-state index contributed by atoms with van der Waals surface area (Å²) in [4.78, 5) is 13.2. The number of para-hydroxylation sites is 1. The summed E-state index contributed by atoms with van der Waals surface area (Å²) in [7, 11) is -4.02. The number of anilines is 1. The SMILES string of the molecule is CC(C)CC=Nn1c(=O)c(C2=NS(=O)(=O)c3ccccc3N2)c(O)c2sccc21. The Labute approximate surface area is 170 Å². The first kappa shape index (κ1) is 19.3. The fourth-order valence-corrected chi connectivity index (χ4v) is 4.91. The van der Waals surface area contributed by atoms with Gasteiger partial charge in [-0.25, -0.2) is 0 Å². The van der Waals surface area contributed by atoms with Crippen LogP contribution in [0.1, 0.15) is 25.8 Å². The summed E-state index contributed by atoms with van der Waals surface area (Å²) < 4.78 is 30.5. The number of pyridine rings is 1. The standard InChI is InChI=1S/C19H18N4O4S2/c1-11(2)7-9-20-23-13-8-10-28-17(13)16(24)15(19(23)25)18-21-12-5-3-4-6-14(12)29(26,27)22-18/h3-6,8-11,24H,7H2,1-2H3,(H,21,22). The number of sulfonamides is 1. The van der Waals surface area contributed by atoms with Gasteiger partial charge in [0.1, 0.15) is 10.5 Å². The topological polar surface area (TPSA) is 113 Å². The summed E-state index contributed by atoms with van der Waals surface area (Å²) >= 11 is 1.22.